The maximum absolute atomic E-state index is 5.60. The third kappa shape index (κ3) is 2.75. The zero-order valence-electron chi connectivity index (χ0n) is 10.1. The van der Waals surface area contributed by atoms with Crippen molar-refractivity contribution in [2.45, 2.75) is 0 Å². The molecule has 0 amide bonds. The molecule has 0 fully saturated rings. The van der Waals surface area contributed by atoms with E-state index < -0.39 is 0 Å². The zero-order chi connectivity index (χ0) is 13.9. The number of ether oxygens (including phenoxy) is 1. The van der Waals surface area contributed by atoms with Gasteiger partial charge in [-0.3, -0.25) is 0 Å². The molecule has 0 unspecified atom stereocenters. The van der Waals surface area contributed by atoms with Crippen molar-refractivity contribution in [1.29, 1.82) is 0 Å². The molecular formula is C12H9BrN6O. The minimum absolute atomic E-state index is 0.0858. The number of nitrogen functional groups attached to an aromatic ring is 1. The standard InChI is InChI=1S/C12H9BrN6O/c13-9-6-10(14)17-12(16-9)20-11-15-7-19(18-11)8-4-2-1-3-5-8/h1-7H,(H2,14,16,17). The summed E-state index contributed by atoms with van der Waals surface area (Å²) in [6.45, 7) is 0. The van der Waals surface area contributed by atoms with E-state index in [4.69, 9.17) is 10.5 Å². The molecule has 3 rings (SSSR count). The highest BCUT2D eigenvalue weighted by Crippen LogP contribution is 2.18. The highest BCUT2D eigenvalue weighted by molar-refractivity contribution is 9.10. The number of rotatable bonds is 3. The van der Waals surface area contributed by atoms with Crippen molar-refractivity contribution < 1.29 is 4.74 Å². The van der Waals surface area contributed by atoms with Gasteiger partial charge in [-0.15, -0.1) is 5.10 Å². The lowest BCUT2D eigenvalue weighted by Crippen LogP contribution is -1.99. The van der Waals surface area contributed by atoms with Crippen molar-refractivity contribution in [2.24, 2.45) is 0 Å². The second kappa shape index (κ2) is 5.25. The van der Waals surface area contributed by atoms with Gasteiger partial charge < -0.3 is 10.5 Å². The molecule has 2 N–H and O–H groups in total. The second-order valence-electron chi connectivity index (χ2n) is 3.81. The number of hydrogen-bond acceptors (Lipinski definition) is 6. The molecule has 100 valence electrons. The van der Waals surface area contributed by atoms with Crippen LogP contribution in [0.25, 0.3) is 5.69 Å². The van der Waals surface area contributed by atoms with Crippen LogP contribution in [0.2, 0.25) is 0 Å². The van der Waals surface area contributed by atoms with E-state index in [1.54, 1.807) is 17.1 Å². The van der Waals surface area contributed by atoms with E-state index >= 15 is 0 Å². The zero-order valence-corrected chi connectivity index (χ0v) is 11.7. The Morgan fingerprint density at radius 3 is 2.65 bits per heavy atom. The number of para-hydroxylation sites is 1. The Hall–Kier alpha value is -2.48. The average Bonchev–Trinajstić information content (AvgIpc) is 2.87. The Morgan fingerprint density at radius 1 is 1.10 bits per heavy atom. The number of nitrogens with two attached hydrogens (primary N) is 1. The predicted octanol–water partition coefficient (Wildman–Crippen LogP) is 2.19. The number of halogens is 1. The fourth-order valence-corrected chi connectivity index (χ4v) is 1.93. The van der Waals surface area contributed by atoms with Gasteiger partial charge in [0.05, 0.1) is 5.69 Å². The van der Waals surface area contributed by atoms with E-state index in [-0.39, 0.29) is 12.0 Å². The number of nitrogens with zero attached hydrogens (tertiary/aromatic N) is 5. The summed E-state index contributed by atoms with van der Waals surface area (Å²) in [5.41, 5.74) is 6.48. The van der Waals surface area contributed by atoms with Gasteiger partial charge in [-0.2, -0.15) is 15.0 Å². The molecule has 0 radical (unpaired) electrons. The lowest BCUT2D eigenvalue weighted by atomic mass is 10.3. The van der Waals surface area contributed by atoms with Crippen LogP contribution in [-0.2, 0) is 0 Å². The van der Waals surface area contributed by atoms with Crippen LogP contribution < -0.4 is 10.5 Å². The number of hydrogen-bond donors (Lipinski definition) is 1. The Balaban J connectivity index is 1.84. The Bertz CT molecular complexity index is 710. The summed E-state index contributed by atoms with van der Waals surface area (Å²) in [5.74, 6) is 0.296. The average molecular weight is 333 g/mol. The molecule has 3 aromatic rings. The largest absolute Gasteiger partial charge is 0.387 e. The summed E-state index contributed by atoms with van der Waals surface area (Å²) in [5, 5.41) is 4.18. The first-order valence-electron chi connectivity index (χ1n) is 5.66. The van der Waals surface area contributed by atoms with Gasteiger partial charge in [-0.1, -0.05) is 18.2 Å². The molecule has 0 atom stereocenters. The molecule has 7 nitrogen and oxygen atoms in total. The fraction of sp³-hybridized carbons (Fsp3) is 0. The lowest BCUT2D eigenvalue weighted by molar-refractivity contribution is 0.406. The van der Waals surface area contributed by atoms with Crippen LogP contribution in [0.4, 0.5) is 5.82 Å². The van der Waals surface area contributed by atoms with Gasteiger partial charge in [0.2, 0.25) is 0 Å². The van der Waals surface area contributed by atoms with Gasteiger partial charge >= 0.3 is 12.0 Å². The third-order valence-electron chi connectivity index (χ3n) is 2.37. The van der Waals surface area contributed by atoms with Crippen molar-refractivity contribution in [3.05, 3.63) is 47.3 Å². The Labute approximate surface area is 122 Å². The molecule has 0 aliphatic carbocycles. The van der Waals surface area contributed by atoms with E-state index in [0.717, 1.165) is 5.69 Å². The minimum Gasteiger partial charge on any atom is -0.387 e. The van der Waals surface area contributed by atoms with Crippen LogP contribution in [0, 0.1) is 0 Å². The number of anilines is 1. The minimum atomic E-state index is 0.0858. The van der Waals surface area contributed by atoms with Gasteiger partial charge in [-0.05, 0) is 28.1 Å². The monoisotopic (exact) mass is 332 g/mol. The van der Waals surface area contributed by atoms with Crippen molar-refractivity contribution in [2.75, 3.05) is 5.73 Å². The van der Waals surface area contributed by atoms with Crippen molar-refractivity contribution in [3.63, 3.8) is 0 Å². The van der Waals surface area contributed by atoms with Crippen molar-refractivity contribution in [3.8, 4) is 17.7 Å². The Morgan fingerprint density at radius 2 is 1.90 bits per heavy atom. The topological polar surface area (TPSA) is 91.7 Å². The summed E-state index contributed by atoms with van der Waals surface area (Å²) in [4.78, 5) is 12.0. The van der Waals surface area contributed by atoms with Crippen LogP contribution in [-0.4, -0.2) is 24.7 Å². The van der Waals surface area contributed by atoms with Gasteiger partial charge in [-0.25, -0.2) is 4.68 Å². The van der Waals surface area contributed by atoms with E-state index in [9.17, 15) is 0 Å². The summed E-state index contributed by atoms with van der Waals surface area (Å²) >= 11 is 3.21. The highest BCUT2D eigenvalue weighted by Gasteiger charge is 2.08. The molecular weight excluding hydrogens is 324 g/mol. The van der Waals surface area contributed by atoms with Crippen LogP contribution in [0.5, 0.6) is 12.0 Å². The quantitative estimate of drug-likeness (QED) is 0.739. The van der Waals surface area contributed by atoms with Gasteiger partial charge in [0.15, 0.2) is 0 Å². The summed E-state index contributed by atoms with van der Waals surface area (Å²) in [6.07, 6.45) is 1.55. The molecule has 20 heavy (non-hydrogen) atoms. The lowest BCUT2D eigenvalue weighted by Gasteiger charge is -2.01. The number of aromatic nitrogens is 5. The normalized spacial score (nSPS) is 10.4. The SMILES string of the molecule is Nc1cc(Br)nc(Oc2ncn(-c3ccccc3)n2)n1. The maximum Gasteiger partial charge on any atom is 0.343 e. The van der Waals surface area contributed by atoms with Gasteiger partial charge in [0, 0.05) is 6.07 Å². The molecule has 0 saturated carbocycles. The molecule has 8 heteroatoms. The van der Waals surface area contributed by atoms with Crippen LogP contribution in [0.3, 0.4) is 0 Å². The molecule has 0 aliphatic rings. The summed E-state index contributed by atoms with van der Waals surface area (Å²) in [7, 11) is 0. The first-order chi connectivity index (χ1) is 9.70. The molecule has 2 aromatic heterocycles. The molecule has 2 heterocycles. The molecule has 0 saturated heterocycles. The second-order valence-corrected chi connectivity index (χ2v) is 4.62. The first-order valence-corrected chi connectivity index (χ1v) is 6.45. The molecule has 0 spiro atoms. The van der Waals surface area contributed by atoms with Crippen LogP contribution in [0.15, 0.2) is 47.3 Å². The highest BCUT2D eigenvalue weighted by atomic mass is 79.9. The molecule has 0 aliphatic heterocycles. The van der Waals surface area contributed by atoms with E-state index in [1.807, 2.05) is 30.3 Å². The maximum atomic E-state index is 5.60. The number of benzene rings is 1. The van der Waals surface area contributed by atoms with E-state index in [0.29, 0.717) is 10.4 Å². The van der Waals surface area contributed by atoms with Crippen molar-refractivity contribution in [1.82, 2.24) is 24.7 Å². The van der Waals surface area contributed by atoms with Crippen LogP contribution >= 0.6 is 15.9 Å². The van der Waals surface area contributed by atoms with Gasteiger partial charge in [0.1, 0.15) is 16.7 Å². The fourth-order valence-electron chi connectivity index (χ4n) is 1.54. The molecule has 0 bridgehead atoms. The third-order valence-corrected chi connectivity index (χ3v) is 2.77. The smallest absolute Gasteiger partial charge is 0.343 e. The van der Waals surface area contributed by atoms with Crippen LogP contribution in [0.1, 0.15) is 0 Å². The first kappa shape index (κ1) is 12.5. The van der Waals surface area contributed by atoms with E-state index in [1.165, 1.54) is 0 Å². The Kier molecular flexibility index (Phi) is 3.30. The predicted molar refractivity (Wildman–Crippen MR) is 75.6 cm³/mol. The molecule has 1 aromatic carbocycles. The van der Waals surface area contributed by atoms with E-state index in [2.05, 4.69) is 36.0 Å². The summed E-state index contributed by atoms with van der Waals surface area (Å²) < 4.78 is 7.49. The van der Waals surface area contributed by atoms with Gasteiger partial charge in [0.25, 0.3) is 0 Å². The van der Waals surface area contributed by atoms with Crippen molar-refractivity contribution >= 4 is 21.7 Å². The summed E-state index contributed by atoms with van der Waals surface area (Å²) in [6, 6.07) is 11.4.